The number of nitrogens with zero attached hydrogens (tertiary/aromatic N) is 3. The van der Waals surface area contributed by atoms with E-state index in [1.54, 1.807) is 7.11 Å². The zero-order valence-corrected chi connectivity index (χ0v) is 18.2. The number of hydroxylamine groups is 2. The first-order chi connectivity index (χ1) is 14.9. The van der Waals surface area contributed by atoms with Crippen LogP contribution in [0, 0.1) is 31.5 Å². The molecule has 6 nitrogen and oxygen atoms in total. The summed E-state index contributed by atoms with van der Waals surface area (Å²) < 4.78 is 13.1. The summed E-state index contributed by atoms with van der Waals surface area (Å²) in [6.07, 6.45) is 5.08. The Bertz CT molecular complexity index is 943. The highest BCUT2D eigenvalue weighted by Crippen LogP contribution is 2.40. The predicted molar refractivity (Wildman–Crippen MR) is 114 cm³/mol. The van der Waals surface area contributed by atoms with E-state index in [2.05, 4.69) is 9.97 Å². The molecular weight excluding hydrogens is 397 g/mol. The van der Waals surface area contributed by atoms with Gasteiger partial charge in [-0.1, -0.05) is 0 Å². The van der Waals surface area contributed by atoms with Crippen LogP contribution in [-0.4, -0.2) is 46.8 Å². The Morgan fingerprint density at radius 1 is 0.968 bits per heavy atom. The fourth-order valence-electron chi connectivity index (χ4n) is 5.21. The number of halogens is 1. The van der Waals surface area contributed by atoms with Gasteiger partial charge < -0.3 is 4.84 Å². The number of carbonyl (C=O) groups excluding carboxylic acids is 2. The zero-order valence-electron chi connectivity index (χ0n) is 18.2. The van der Waals surface area contributed by atoms with Crippen molar-refractivity contribution in [3.8, 4) is 11.4 Å². The lowest BCUT2D eigenvalue weighted by atomic mass is 9.69. The first kappa shape index (κ1) is 21.7. The Morgan fingerprint density at radius 2 is 1.52 bits per heavy atom. The summed E-state index contributed by atoms with van der Waals surface area (Å²) in [7, 11) is 1.68. The largest absolute Gasteiger partial charge is 0.302 e. The van der Waals surface area contributed by atoms with Crippen LogP contribution in [0.2, 0.25) is 0 Å². The Balaban J connectivity index is 1.54. The summed E-state index contributed by atoms with van der Waals surface area (Å²) in [5.41, 5.74) is 3.27. The molecule has 2 aliphatic rings. The molecule has 0 unspecified atom stereocenters. The smallest absolute Gasteiger partial charge is 0.159 e. The minimum absolute atomic E-state index is 0.0207. The number of benzene rings is 1. The predicted octanol–water partition coefficient (Wildman–Crippen LogP) is 3.80. The van der Waals surface area contributed by atoms with E-state index in [0.29, 0.717) is 24.6 Å². The van der Waals surface area contributed by atoms with E-state index >= 15 is 0 Å². The van der Waals surface area contributed by atoms with Gasteiger partial charge >= 0.3 is 0 Å². The maximum Gasteiger partial charge on any atom is 0.159 e. The average Bonchev–Trinajstić information content (AvgIpc) is 2.75. The summed E-state index contributed by atoms with van der Waals surface area (Å²) >= 11 is 0. The van der Waals surface area contributed by atoms with Crippen LogP contribution < -0.4 is 0 Å². The second-order valence-electron chi connectivity index (χ2n) is 8.73. The van der Waals surface area contributed by atoms with Crippen molar-refractivity contribution in [2.24, 2.45) is 11.8 Å². The molecule has 1 aromatic carbocycles. The van der Waals surface area contributed by atoms with Crippen LogP contribution in [0.5, 0.6) is 0 Å². The van der Waals surface area contributed by atoms with E-state index in [1.165, 1.54) is 0 Å². The van der Waals surface area contributed by atoms with Gasteiger partial charge in [-0.2, -0.15) is 5.06 Å². The van der Waals surface area contributed by atoms with Crippen LogP contribution in [-0.2, 0) is 14.4 Å². The van der Waals surface area contributed by atoms with E-state index in [0.717, 1.165) is 60.6 Å². The molecule has 0 amide bonds. The molecule has 31 heavy (non-hydrogen) atoms. The van der Waals surface area contributed by atoms with E-state index in [1.807, 2.05) is 31.0 Å². The lowest BCUT2D eigenvalue weighted by Crippen LogP contribution is -2.40. The highest BCUT2D eigenvalue weighted by atomic mass is 19.1. The Morgan fingerprint density at radius 3 is 2.03 bits per heavy atom. The normalized spacial score (nSPS) is 23.4. The lowest BCUT2D eigenvalue weighted by Gasteiger charge is -2.37. The standard InChI is InChI=1S/C24H28FN3O3/c1-14-8-18(24-26-12-19(25)13-27-24)9-15(2)22(14)23-20(29)10-17(11-21(23)30)16-4-6-28(31-3)7-5-16/h8-9,12-13,16-17,23H,4-7,10-11H2,1-3H3. The third-order valence-electron chi connectivity index (χ3n) is 6.76. The number of ketones is 2. The van der Waals surface area contributed by atoms with Crippen molar-refractivity contribution in [2.75, 3.05) is 20.2 Å². The number of aryl methyl sites for hydroxylation is 2. The molecule has 0 N–H and O–H groups in total. The third kappa shape index (κ3) is 4.43. The van der Waals surface area contributed by atoms with Gasteiger partial charge in [-0.25, -0.2) is 14.4 Å². The molecule has 1 aliphatic carbocycles. The van der Waals surface area contributed by atoms with Crippen molar-refractivity contribution in [2.45, 2.75) is 45.4 Å². The molecule has 1 aromatic heterocycles. The molecule has 4 rings (SSSR count). The third-order valence-corrected chi connectivity index (χ3v) is 6.76. The molecule has 0 atom stereocenters. The molecule has 2 fully saturated rings. The highest BCUT2D eigenvalue weighted by Gasteiger charge is 2.41. The second kappa shape index (κ2) is 8.93. The van der Waals surface area contributed by atoms with Gasteiger partial charge in [-0.3, -0.25) is 9.59 Å². The quantitative estimate of drug-likeness (QED) is 0.694. The number of hydrogen-bond donors (Lipinski definition) is 0. The zero-order chi connectivity index (χ0) is 22.1. The van der Waals surface area contributed by atoms with Gasteiger partial charge in [0.05, 0.1) is 19.5 Å². The number of piperidine rings is 1. The summed E-state index contributed by atoms with van der Waals surface area (Å²) in [5.74, 6) is -0.209. The first-order valence-corrected chi connectivity index (χ1v) is 10.8. The molecule has 2 aromatic rings. The number of rotatable bonds is 4. The maximum atomic E-state index is 13.2. The minimum atomic E-state index is -0.696. The van der Waals surface area contributed by atoms with Crippen LogP contribution in [0.15, 0.2) is 24.5 Å². The minimum Gasteiger partial charge on any atom is -0.302 e. The number of aromatic nitrogens is 2. The number of carbonyl (C=O) groups is 2. The molecule has 2 heterocycles. The second-order valence-corrected chi connectivity index (χ2v) is 8.73. The van der Waals surface area contributed by atoms with Crippen molar-refractivity contribution >= 4 is 11.6 Å². The fourth-order valence-corrected chi connectivity index (χ4v) is 5.21. The van der Waals surface area contributed by atoms with Crippen LogP contribution >= 0.6 is 0 Å². The van der Waals surface area contributed by atoms with Crippen LogP contribution in [0.1, 0.15) is 48.3 Å². The van der Waals surface area contributed by atoms with Crippen molar-refractivity contribution in [3.05, 3.63) is 47.0 Å². The van der Waals surface area contributed by atoms with Crippen molar-refractivity contribution in [1.82, 2.24) is 15.0 Å². The van der Waals surface area contributed by atoms with Crippen molar-refractivity contribution in [1.29, 1.82) is 0 Å². The molecule has 0 bridgehead atoms. The molecular formula is C24H28FN3O3. The molecule has 164 valence electrons. The molecule has 0 spiro atoms. The van der Waals surface area contributed by atoms with Gasteiger partial charge in [0.15, 0.2) is 11.6 Å². The van der Waals surface area contributed by atoms with Crippen molar-refractivity contribution in [3.63, 3.8) is 0 Å². The lowest BCUT2D eigenvalue weighted by molar-refractivity contribution is -0.153. The molecule has 0 radical (unpaired) electrons. The van der Waals surface area contributed by atoms with Crippen molar-refractivity contribution < 1.29 is 18.8 Å². The molecule has 1 aliphatic heterocycles. The fraction of sp³-hybridized carbons (Fsp3) is 0.500. The molecule has 1 saturated carbocycles. The van der Waals surface area contributed by atoms with E-state index < -0.39 is 11.7 Å². The van der Waals surface area contributed by atoms with Crippen LogP contribution in [0.3, 0.4) is 0 Å². The highest BCUT2D eigenvalue weighted by molar-refractivity contribution is 6.10. The van der Waals surface area contributed by atoms with Gasteiger partial charge in [0.2, 0.25) is 0 Å². The van der Waals surface area contributed by atoms with Crippen LogP contribution in [0.4, 0.5) is 4.39 Å². The Hall–Kier alpha value is -2.51. The first-order valence-electron chi connectivity index (χ1n) is 10.8. The summed E-state index contributed by atoms with van der Waals surface area (Å²) in [6, 6.07) is 3.76. The number of Topliss-reactive ketones (excluding diaryl/α,β-unsaturated/α-hetero) is 2. The summed E-state index contributed by atoms with van der Waals surface area (Å²) in [4.78, 5) is 39.7. The van der Waals surface area contributed by atoms with Gasteiger partial charge in [0, 0.05) is 31.5 Å². The van der Waals surface area contributed by atoms with E-state index in [4.69, 9.17) is 4.84 Å². The topological polar surface area (TPSA) is 72.4 Å². The molecule has 1 saturated heterocycles. The average molecular weight is 426 g/mol. The van der Waals surface area contributed by atoms with Gasteiger partial charge in [0.1, 0.15) is 17.5 Å². The van der Waals surface area contributed by atoms with Gasteiger partial charge in [-0.15, -0.1) is 0 Å². The van der Waals surface area contributed by atoms with E-state index in [-0.39, 0.29) is 17.5 Å². The molecule has 7 heteroatoms. The van der Waals surface area contributed by atoms with Gasteiger partial charge in [-0.05, 0) is 67.3 Å². The Kier molecular flexibility index (Phi) is 6.25. The summed E-state index contributed by atoms with van der Waals surface area (Å²) in [6.45, 7) is 5.49. The summed E-state index contributed by atoms with van der Waals surface area (Å²) in [5, 5.41) is 1.94. The SMILES string of the molecule is CON1CCC(C2CC(=O)C(c3c(C)cc(-c4ncc(F)cn4)cc3C)C(=O)C2)CC1. The van der Waals surface area contributed by atoms with E-state index in [9.17, 15) is 14.0 Å². The maximum absolute atomic E-state index is 13.2. The van der Waals surface area contributed by atoms with Gasteiger partial charge in [0.25, 0.3) is 0 Å². The van der Waals surface area contributed by atoms with Crippen LogP contribution in [0.25, 0.3) is 11.4 Å². The monoisotopic (exact) mass is 425 g/mol. The Labute approximate surface area is 181 Å². The number of hydrogen-bond acceptors (Lipinski definition) is 6.